The van der Waals surface area contributed by atoms with Crippen molar-refractivity contribution in [1.29, 1.82) is 0 Å². The third-order valence-electron chi connectivity index (χ3n) is 18.8. The van der Waals surface area contributed by atoms with Gasteiger partial charge in [-0.05, 0) is 189 Å². The van der Waals surface area contributed by atoms with Gasteiger partial charge in [-0.15, -0.1) is 0 Å². The van der Waals surface area contributed by atoms with Gasteiger partial charge in [-0.25, -0.2) is 39.5 Å². The lowest BCUT2D eigenvalue weighted by Crippen LogP contribution is -2.09. The lowest BCUT2D eigenvalue weighted by molar-refractivity contribution is 0.0585. The fraction of sp³-hybridized carbons (Fsp3) is 0.237. The number of allylic oxidation sites excluding steroid dienone is 1. The predicted molar refractivity (Wildman–Crippen MR) is 504 cm³/mol. The monoisotopic (exact) mass is 1850 g/mol. The smallest absolute Gasteiger partial charge is 0.357 e. The van der Waals surface area contributed by atoms with Crippen molar-refractivity contribution < 1.29 is 57.4 Å². The summed E-state index contributed by atoms with van der Waals surface area (Å²) < 4.78 is 39.7. The number of aryl methyl sites for hydroxylation is 1. The lowest BCUT2D eigenvalue weighted by atomic mass is 9.95. The third kappa shape index (κ3) is 31.2. The van der Waals surface area contributed by atoms with Crippen molar-refractivity contribution in [3.63, 3.8) is 0 Å². The highest BCUT2D eigenvalue weighted by Crippen LogP contribution is 2.33. The minimum absolute atomic E-state index is 0.0558. The molecule has 0 fully saturated rings. The maximum Gasteiger partial charge on any atom is 0.357 e. The molecular weight excluding hydrogens is 1760 g/mol. The van der Waals surface area contributed by atoms with Crippen LogP contribution in [0.2, 0.25) is 30.4 Å². The van der Waals surface area contributed by atoms with Gasteiger partial charge in [0.15, 0.2) is 17.7 Å². The van der Waals surface area contributed by atoms with Gasteiger partial charge in [-0.2, -0.15) is 29.9 Å². The SMILES string of the molecule is COC(=O)c1cc(OC)nc(Cl)n1.COC(=O)c1cc(OC)nc(Nc2cccc(Cl)c2C)n1.COc1cc(C=CCC(C)c2ccccc2)nc(Nc2cccc(Cl)c2C)n1.COc1cc(C=O)nc(Nc2cccc(Cl)c2C)n1.COc1cc(CCCC(C)c2ccccc2)nc(Nc2cccc(Cl)c2C)n1.COc1cc(CO)nc(Nc2cccc(Cl)c2C)n1. The Kier molecular flexibility index (Phi) is 40.3. The summed E-state index contributed by atoms with van der Waals surface area (Å²) in [5, 5.41) is 28.0. The van der Waals surface area contributed by atoms with Gasteiger partial charge >= 0.3 is 11.9 Å². The van der Waals surface area contributed by atoms with Gasteiger partial charge in [0.2, 0.25) is 70.3 Å². The molecule has 0 saturated heterocycles. The van der Waals surface area contributed by atoms with Crippen LogP contribution in [-0.2, 0) is 22.5 Å². The average Bonchev–Trinajstić information content (AvgIpc) is 0.853. The van der Waals surface area contributed by atoms with Gasteiger partial charge in [0, 0.05) is 95.6 Å². The molecule has 29 nitrogen and oxygen atoms in total. The maximum atomic E-state index is 11.6. The molecule has 2 atom stereocenters. The first kappa shape index (κ1) is 100. The number of hydrogen-bond acceptors (Lipinski definition) is 29. The van der Waals surface area contributed by atoms with E-state index in [1.807, 2.05) is 132 Å². The minimum Gasteiger partial charge on any atom is -0.481 e. The number of carbonyl (C=O) groups excluding carboxylic acids is 3. The van der Waals surface area contributed by atoms with E-state index in [0.717, 1.165) is 93.3 Å². The molecule has 2 unspecified atom stereocenters. The zero-order chi connectivity index (χ0) is 92.8. The molecule has 6 aromatic heterocycles. The molecule has 668 valence electrons. The van der Waals surface area contributed by atoms with Crippen LogP contribution < -0.4 is 55.0 Å². The number of aliphatic hydroxyl groups is 1. The molecule has 35 heteroatoms. The molecular formula is C93H97Cl6N17O12. The van der Waals surface area contributed by atoms with Gasteiger partial charge < -0.3 is 69.6 Å². The van der Waals surface area contributed by atoms with Crippen LogP contribution in [0, 0.1) is 34.6 Å². The topological polar surface area (TPSA) is 360 Å². The largest absolute Gasteiger partial charge is 0.481 e. The Morgan fingerprint density at radius 2 is 0.688 bits per heavy atom. The number of aliphatic hydroxyl groups excluding tert-OH is 1. The fourth-order valence-corrected chi connectivity index (χ4v) is 12.5. The maximum absolute atomic E-state index is 11.6. The molecule has 0 aliphatic carbocycles. The van der Waals surface area contributed by atoms with E-state index >= 15 is 0 Å². The highest BCUT2D eigenvalue weighted by atomic mass is 35.5. The number of anilines is 10. The minimum atomic E-state index is -0.581. The average molecular weight is 1860 g/mol. The van der Waals surface area contributed by atoms with Crippen molar-refractivity contribution in [3.05, 3.63) is 298 Å². The Hall–Kier alpha value is -13.1. The molecule has 7 aromatic carbocycles. The number of nitrogens with one attached hydrogen (secondary N) is 5. The summed E-state index contributed by atoms with van der Waals surface area (Å²) in [5.74, 6) is 3.93. The second kappa shape index (κ2) is 51.5. The lowest BCUT2D eigenvalue weighted by Gasteiger charge is -2.13. The standard InChI is InChI=1S/C23H26ClN3O.C23H24ClN3O.C14H14ClN3O3.C13H14ClN3O2.C13H12ClN3O2.C7H7ClN2O3/c2*1-16(18-10-5-4-6-11-18)9-7-12-19-15-22(28-3)27-23(25-19)26-21-14-8-13-20(24)17(21)2;1-8-9(15)5-4-6-10(8)16-14-17-11(13(19)21-3)7-12(18-14)20-2;2*1-8-10(14)4-3-5-11(8)16-13-15-9(7-18)6-12(17-13)19-2;1-12-5-3-4(6(11)13-2)9-7(8)10-5/h4-6,8,10-11,13-16H,7,9,12H2,1-3H3,(H,25,26,27);4-8,10-16H,9H2,1-3H3,(H,25,26,27);4-7H,1-3H3,(H,16,17,18);3-6,18H,7H2,1-2H3,(H,15,16,17);3-7H,1-2H3,(H,15,16,17);3H,1-2H3. The number of methoxy groups -OCH3 is 8. The van der Waals surface area contributed by atoms with E-state index in [1.165, 1.54) is 72.0 Å². The summed E-state index contributed by atoms with van der Waals surface area (Å²) in [6.07, 6.45) is 8.72. The van der Waals surface area contributed by atoms with E-state index in [-0.39, 0.29) is 52.6 Å². The van der Waals surface area contributed by atoms with Crippen molar-refractivity contribution in [2.45, 2.75) is 92.6 Å². The van der Waals surface area contributed by atoms with E-state index in [0.29, 0.717) is 90.3 Å². The number of ether oxygens (including phenoxy) is 8. The van der Waals surface area contributed by atoms with Crippen LogP contribution in [0.15, 0.2) is 194 Å². The van der Waals surface area contributed by atoms with Crippen molar-refractivity contribution in [1.82, 2.24) is 59.8 Å². The first-order chi connectivity index (χ1) is 61.6. The Bertz CT molecular complexity index is 5860. The van der Waals surface area contributed by atoms with Gasteiger partial charge in [0.05, 0.1) is 74.9 Å². The van der Waals surface area contributed by atoms with E-state index in [1.54, 1.807) is 38.5 Å². The van der Waals surface area contributed by atoms with Crippen LogP contribution in [0.4, 0.5) is 58.2 Å². The fourth-order valence-electron chi connectivity index (χ4n) is 11.5. The third-order valence-corrected chi connectivity index (χ3v) is 21.0. The molecule has 0 aliphatic heterocycles. The van der Waals surface area contributed by atoms with Gasteiger partial charge in [-0.3, -0.25) is 4.79 Å². The zero-order valence-electron chi connectivity index (χ0n) is 72.9. The highest BCUT2D eigenvalue weighted by Gasteiger charge is 2.18. The Labute approximate surface area is 773 Å². The van der Waals surface area contributed by atoms with Gasteiger partial charge in [0.25, 0.3) is 0 Å². The summed E-state index contributed by atoms with van der Waals surface area (Å²) in [6, 6.07) is 58.5. The first-order valence-corrected chi connectivity index (χ1v) is 41.7. The van der Waals surface area contributed by atoms with Crippen molar-refractivity contribution >= 4 is 152 Å². The normalized spacial score (nSPS) is 10.9. The Balaban J connectivity index is 0.000000193. The van der Waals surface area contributed by atoms with Crippen molar-refractivity contribution in [3.8, 4) is 35.3 Å². The van der Waals surface area contributed by atoms with Crippen LogP contribution in [0.25, 0.3) is 6.08 Å². The molecule has 0 aliphatic rings. The molecule has 6 heterocycles. The number of carbonyl (C=O) groups is 3. The van der Waals surface area contributed by atoms with Crippen LogP contribution in [-0.4, -0.2) is 140 Å². The highest BCUT2D eigenvalue weighted by molar-refractivity contribution is 6.33. The van der Waals surface area contributed by atoms with Crippen LogP contribution >= 0.6 is 69.6 Å². The van der Waals surface area contributed by atoms with Crippen molar-refractivity contribution in [2.75, 3.05) is 83.5 Å². The van der Waals surface area contributed by atoms with E-state index in [4.69, 9.17) is 103 Å². The molecule has 0 bridgehead atoms. The second-order valence-electron chi connectivity index (χ2n) is 27.6. The summed E-state index contributed by atoms with van der Waals surface area (Å²) in [5.41, 5.74) is 14.0. The number of hydrogen-bond donors (Lipinski definition) is 6. The van der Waals surface area contributed by atoms with Gasteiger partial charge in [0.1, 0.15) is 5.69 Å². The Morgan fingerprint density at radius 1 is 0.367 bits per heavy atom. The molecule has 128 heavy (non-hydrogen) atoms. The van der Waals surface area contributed by atoms with Crippen molar-refractivity contribution in [2.24, 2.45) is 0 Å². The number of rotatable bonds is 29. The molecule has 0 radical (unpaired) electrons. The number of aldehydes is 1. The summed E-state index contributed by atoms with van der Waals surface area (Å²) >= 11 is 36.1. The summed E-state index contributed by atoms with van der Waals surface area (Å²) in [6.45, 7) is 13.9. The van der Waals surface area contributed by atoms with E-state index in [2.05, 4.69) is 170 Å². The Morgan fingerprint density at radius 3 is 1.06 bits per heavy atom. The van der Waals surface area contributed by atoms with E-state index in [9.17, 15) is 14.4 Å². The first-order valence-electron chi connectivity index (χ1n) is 39.4. The second-order valence-corrected chi connectivity index (χ2v) is 29.9. The molecule has 0 saturated carbocycles. The quantitative estimate of drug-likeness (QED) is 0.0144. The summed E-state index contributed by atoms with van der Waals surface area (Å²) in [7, 11) is 11.6. The van der Waals surface area contributed by atoms with Crippen LogP contribution in [0.5, 0.6) is 35.3 Å². The molecule has 13 aromatic rings. The molecule has 6 N–H and O–H groups in total. The number of aromatic nitrogens is 12. The predicted octanol–water partition coefficient (Wildman–Crippen LogP) is 22.3. The van der Waals surface area contributed by atoms with Gasteiger partial charge in [-0.1, -0.05) is 169 Å². The van der Waals surface area contributed by atoms with Crippen LogP contribution in [0.3, 0.4) is 0 Å². The zero-order valence-corrected chi connectivity index (χ0v) is 77.4. The number of esters is 2. The molecule has 0 spiro atoms. The van der Waals surface area contributed by atoms with Crippen LogP contribution in [0.1, 0.15) is 132 Å². The number of nitrogens with zero attached hydrogens (tertiary/aromatic N) is 12. The van der Waals surface area contributed by atoms with E-state index < -0.39 is 11.9 Å². The number of benzene rings is 7. The number of halogens is 6. The molecule has 0 amide bonds. The summed E-state index contributed by atoms with van der Waals surface area (Å²) in [4.78, 5) is 83.6. The molecule has 13 rings (SSSR count).